The highest BCUT2D eigenvalue weighted by molar-refractivity contribution is 5.81. The number of nitriles is 1. The molecule has 1 heterocycles. The fourth-order valence-corrected chi connectivity index (χ4v) is 3.11. The molecule has 0 aliphatic heterocycles. The van der Waals surface area contributed by atoms with E-state index in [0.717, 1.165) is 16.7 Å². The van der Waals surface area contributed by atoms with Crippen LogP contribution in [0.25, 0.3) is 22.4 Å². The standard InChI is InChI=1S/C25H19N5O/c1-17-7-11-19(12-8-17)20-13-9-18(10-14-20)16-27-30-25-28-23(21-5-3-2-4-6-21)22(15-26)24(31)29-25/h2-14,16H,1H3,(H2,28,29,30,31). The molecule has 31 heavy (non-hydrogen) atoms. The maximum Gasteiger partial charge on any atom is 0.270 e. The quantitative estimate of drug-likeness (QED) is 0.371. The molecule has 0 aliphatic carbocycles. The number of hydrogen-bond acceptors (Lipinski definition) is 5. The van der Waals surface area contributed by atoms with Gasteiger partial charge >= 0.3 is 0 Å². The van der Waals surface area contributed by atoms with Crippen molar-refractivity contribution >= 4 is 12.2 Å². The van der Waals surface area contributed by atoms with Crippen molar-refractivity contribution in [1.82, 2.24) is 9.97 Å². The summed E-state index contributed by atoms with van der Waals surface area (Å²) in [4.78, 5) is 19.2. The fourth-order valence-electron chi connectivity index (χ4n) is 3.11. The van der Waals surface area contributed by atoms with E-state index in [0.29, 0.717) is 11.3 Å². The highest BCUT2D eigenvalue weighted by Gasteiger charge is 2.12. The Bertz CT molecular complexity index is 1320. The maximum absolute atomic E-state index is 12.3. The van der Waals surface area contributed by atoms with Crippen LogP contribution < -0.4 is 11.0 Å². The molecular weight excluding hydrogens is 386 g/mol. The van der Waals surface area contributed by atoms with Gasteiger partial charge in [0, 0.05) is 5.56 Å². The maximum atomic E-state index is 12.3. The molecule has 0 fully saturated rings. The first-order chi connectivity index (χ1) is 15.1. The second-order valence-corrected chi connectivity index (χ2v) is 6.97. The lowest BCUT2D eigenvalue weighted by Gasteiger charge is -2.06. The van der Waals surface area contributed by atoms with Gasteiger partial charge in [0.2, 0.25) is 5.95 Å². The van der Waals surface area contributed by atoms with E-state index in [1.54, 1.807) is 18.3 Å². The number of H-pyrrole nitrogens is 1. The molecule has 0 unspecified atom stereocenters. The summed E-state index contributed by atoms with van der Waals surface area (Å²) in [6.45, 7) is 2.06. The third-order valence-electron chi connectivity index (χ3n) is 4.76. The number of hydrogen-bond donors (Lipinski definition) is 2. The Morgan fingerprint density at radius 3 is 2.23 bits per heavy atom. The number of benzene rings is 3. The van der Waals surface area contributed by atoms with Crippen molar-refractivity contribution in [3.63, 3.8) is 0 Å². The van der Waals surface area contributed by atoms with E-state index >= 15 is 0 Å². The van der Waals surface area contributed by atoms with E-state index in [2.05, 4.69) is 51.7 Å². The van der Waals surface area contributed by atoms with Crippen molar-refractivity contribution in [2.75, 3.05) is 5.43 Å². The van der Waals surface area contributed by atoms with Crippen LogP contribution in [0.5, 0.6) is 0 Å². The molecule has 0 atom stereocenters. The van der Waals surface area contributed by atoms with Crippen molar-refractivity contribution in [3.05, 3.63) is 106 Å². The van der Waals surface area contributed by atoms with Gasteiger partial charge in [-0.25, -0.2) is 10.4 Å². The molecule has 0 radical (unpaired) electrons. The highest BCUT2D eigenvalue weighted by atomic mass is 16.1. The number of rotatable bonds is 5. The van der Waals surface area contributed by atoms with E-state index in [1.165, 1.54) is 5.56 Å². The first kappa shape index (κ1) is 19.8. The van der Waals surface area contributed by atoms with Gasteiger partial charge < -0.3 is 0 Å². The molecule has 6 nitrogen and oxygen atoms in total. The summed E-state index contributed by atoms with van der Waals surface area (Å²) in [7, 11) is 0. The number of aromatic nitrogens is 2. The van der Waals surface area contributed by atoms with Crippen LogP contribution in [-0.4, -0.2) is 16.2 Å². The molecule has 0 aliphatic rings. The summed E-state index contributed by atoms with van der Waals surface area (Å²) >= 11 is 0. The van der Waals surface area contributed by atoms with Crippen molar-refractivity contribution in [3.8, 4) is 28.5 Å². The Balaban J connectivity index is 1.53. The van der Waals surface area contributed by atoms with E-state index in [4.69, 9.17) is 0 Å². The predicted molar refractivity (Wildman–Crippen MR) is 123 cm³/mol. The number of nitrogens with zero attached hydrogens (tertiary/aromatic N) is 3. The van der Waals surface area contributed by atoms with Gasteiger partial charge in [0.15, 0.2) is 0 Å². The van der Waals surface area contributed by atoms with E-state index in [-0.39, 0.29) is 11.5 Å². The van der Waals surface area contributed by atoms with Gasteiger partial charge in [-0.15, -0.1) is 0 Å². The van der Waals surface area contributed by atoms with E-state index < -0.39 is 5.56 Å². The predicted octanol–water partition coefficient (Wildman–Crippen LogP) is 4.73. The second kappa shape index (κ2) is 8.89. The van der Waals surface area contributed by atoms with E-state index in [9.17, 15) is 10.1 Å². The molecule has 2 N–H and O–H groups in total. The van der Waals surface area contributed by atoms with Crippen LogP contribution in [0.3, 0.4) is 0 Å². The average molecular weight is 405 g/mol. The van der Waals surface area contributed by atoms with Gasteiger partial charge in [-0.1, -0.05) is 84.4 Å². The molecule has 1 aromatic heterocycles. The molecule has 150 valence electrons. The summed E-state index contributed by atoms with van der Waals surface area (Å²) in [6, 6.07) is 27.4. The van der Waals surface area contributed by atoms with Crippen LogP contribution in [-0.2, 0) is 0 Å². The lowest BCUT2D eigenvalue weighted by Crippen LogP contribution is -2.16. The third-order valence-corrected chi connectivity index (χ3v) is 4.76. The lowest BCUT2D eigenvalue weighted by atomic mass is 10.0. The first-order valence-electron chi connectivity index (χ1n) is 9.70. The fraction of sp³-hybridized carbons (Fsp3) is 0.0400. The second-order valence-electron chi connectivity index (χ2n) is 6.97. The van der Waals surface area contributed by atoms with Crippen LogP contribution in [0.2, 0.25) is 0 Å². The Labute approximate surface area is 179 Å². The van der Waals surface area contributed by atoms with Gasteiger partial charge in [-0.3, -0.25) is 9.78 Å². The molecule has 0 saturated carbocycles. The third kappa shape index (κ3) is 4.57. The number of nitrogens with one attached hydrogen (secondary N) is 2. The number of aryl methyl sites for hydroxylation is 1. The van der Waals surface area contributed by atoms with Crippen LogP contribution >= 0.6 is 0 Å². The molecule has 0 spiro atoms. The zero-order valence-corrected chi connectivity index (χ0v) is 16.8. The molecular formula is C25H19N5O. The van der Waals surface area contributed by atoms with E-state index in [1.807, 2.05) is 48.5 Å². The van der Waals surface area contributed by atoms with Crippen LogP contribution in [0, 0.1) is 18.3 Å². The highest BCUT2D eigenvalue weighted by Crippen LogP contribution is 2.21. The molecule has 0 saturated heterocycles. The SMILES string of the molecule is Cc1ccc(-c2ccc(C=NNc3nc(-c4ccccc4)c(C#N)c(=O)[nH]3)cc2)cc1. The molecule has 0 bridgehead atoms. The first-order valence-corrected chi connectivity index (χ1v) is 9.70. The summed E-state index contributed by atoms with van der Waals surface area (Å²) in [5.74, 6) is 0.162. The smallest absolute Gasteiger partial charge is 0.270 e. The van der Waals surface area contributed by atoms with Crippen LogP contribution in [0.15, 0.2) is 88.8 Å². The minimum atomic E-state index is -0.517. The zero-order valence-electron chi connectivity index (χ0n) is 16.8. The van der Waals surface area contributed by atoms with Crippen molar-refractivity contribution in [1.29, 1.82) is 5.26 Å². The Kier molecular flexibility index (Phi) is 5.68. The Hall–Kier alpha value is -4.50. The Morgan fingerprint density at radius 1 is 0.935 bits per heavy atom. The Morgan fingerprint density at radius 2 is 1.58 bits per heavy atom. The number of anilines is 1. The van der Waals surface area contributed by atoms with Crippen molar-refractivity contribution in [2.45, 2.75) is 6.92 Å². The average Bonchev–Trinajstić information content (AvgIpc) is 2.80. The van der Waals surface area contributed by atoms with Crippen molar-refractivity contribution in [2.24, 2.45) is 5.10 Å². The zero-order chi connectivity index (χ0) is 21.6. The molecule has 3 aromatic carbocycles. The summed E-state index contributed by atoms with van der Waals surface area (Å²) in [6.07, 6.45) is 1.64. The van der Waals surface area contributed by atoms with Gasteiger partial charge in [-0.05, 0) is 23.6 Å². The largest absolute Gasteiger partial charge is 0.290 e. The summed E-state index contributed by atoms with van der Waals surface area (Å²) < 4.78 is 0. The van der Waals surface area contributed by atoms with Gasteiger partial charge in [0.25, 0.3) is 5.56 Å². The molecule has 0 amide bonds. The molecule has 4 rings (SSSR count). The van der Waals surface area contributed by atoms with Crippen LogP contribution in [0.4, 0.5) is 5.95 Å². The molecule has 6 heteroatoms. The number of hydrazone groups is 1. The monoisotopic (exact) mass is 405 g/mol. The summed E-state index contributed by atoms with van der Waals surface area (Å²) in [5, 5.41) is 13.5. The summed E-state index contributed by atoms with van der Waals surface area (Å²) in [5.41, 5.74) is 7.58. The van der Waals surface area contributed by atoms with Gasteiger partial charge in [0.05, 0.1) is 11.9 Å². The normalized spacial score (nSPS) is 10.7. The minimum Gasteiger partial charge on any atom is -0.290 e. The van der Waals surface area contributed by atoms with Crippen molar-refractivity contribution < 1.29 is 0 Å². The minimum absolute atomic E-state index is 0.0348. The number of aromatic amines is 1. The van der Waals surface area contributed by atoms with Crippen LogP contribution in [0.1, 0.15) is 16.7 Å². The molecule has 4 aromatic rings. The van der Waals surface area contributed by atoms with Gasteiger partial charge in [-0.2, -0.15) is 10.4 Å². The van der Waals surface area contributed by atoms with Gasteiger partial charge in [0.1, 0.15) is 11.6 Å². The lowest BCUT2D eigenvalue weighted by molar-refractivity contribution is 1.08. The topological polar surface area (TPSA) is 93.9 Å².